The molecule has 0 aliphatic heterocycles. The number of nitrogens with one attached hydrogen (secondary N) is 1. The third-order valence-corrected chi connectivity index (χ3v) is 6.33. The molecule has 2 aromatic carbocycles. The Morgan fingerprint density at radius 3 is 2.36 bits per heavy atom. The maximum atomic E-state index is 13.4. The summed E-state index contributed by atoms with van der Waals surface area (Å²) in [6.45, 7) is 0. The predicted molar refractivity (Wildman–Crippen MR) is 147 cm³/mol. The molecule has 3 N–H and O–H groups in total. The lowest BCUT2D eigenvalue weighted by Gasteiger charge is -2.18. The van der Waals surface area contributed by atoms with Crippen LogP contribution < -0.4 is 15.8 Å². The number of carbonyl (C=O) groups excluding carboxylic acids is 1. The first kappa shape index (κ1) is 23.9. The number of amides is 1. The summed E-state index contributed by atoms with van der Waals surface area (Å²) in [5, 5.41) is 11.6. The van der Waals surface area contributed by atoms with Gasteiger partial charge in [0, 0.05) is 24.2 Å². The van der Waals surface area contributed by atoms with Crippen molar-refractivity contribution in [3.05, 3.63) is 120 Å². The molecule has 0 aliphatic rings. The van der Waals surface area contributed by atoms with Crippen molar-refractivity contribution >= 4 is 23.2 Å². The summed E-state index contributed by atoms with van der Waals surface area (Å²) in [5.74, 6) is 0.0230. The maximum absolute atomic E-state index is 13.4. The fourth-order valence-electron chi connectivity index (χ4n) is 4.52. The standard InChI is InChI=1S/C29H24N8O2/c1-39-28-24(14-22(16-31-28)21-12-13-36-25(15-21)34-29(30)35-36)27(38)33-23-17-32-37(18-23)26(19-8-4-2-5-9-19)20-10-6-3-7-11-20/h2-18,26H,1H3,(H2,30,35)(H,33,38). The molecule has 0 unspecified atom stereocenters. The van der Waals surface area contributed by atoms with E-state index in [1.165, 1.54) is 7.11 Å². The summed E-state index contributed by atoms with van der Waals surface area (Å²) < 4.78 is 8.81. The molecule has 4 aromatic heterocycles. The topological polar surface area (TPSA) is 125 Å². The van der Waals surface area contributed by atoms with E-state index in [1.807, 2.05) is 59.4 Å². The molecule has 0 bridgehead atoms. The Morgan fingerprint density at radius 2 is 1.67 bits per heavy atom. The van der Waals surface area contributed by atoms with Gasteiger partial charge in [-0.05, 0) is 34.9 Å². The van der Waals surface area contributed by atoms with Gasteiger partial charge < -0.3 is 15.8 Å². The lowest BCUT2D eigenvalue weighted by Crippen LogP contribution is -2.14. The van der Waals surface area contributed by atoms with Crippen molar-refractivity contribution in [2.75, 3.05) is 18.2 Å². The Labute approximate surface area is 223 Å². The fourth-order valence-corrected chi connectivity index (χ4v) is 4.52. The van der Waals surface area contributed by atoms with E-state index >= 15 is 0 Å². The van der Waals surface area contributed by atoms with Gasteiger partial charge in [-0.1, -0.05) is 60.7 Å². The van der Waals surface area contributed by atoms with Crippen molar-refractivity contribution < 1.29 is 9.53 Å². The van der Waals surface area contributed by atoms with Gasteiger partial charge in [0.25, 0.3) is 5.91 Å². The van der Waals surface area contributed by atoms with E-state index in [0.717, 1.165) is 16.7 Å². The number of anilines is 2. The molecule has 0 atom stereocenters. The highest BCUT2D eigenvalue weighted by Crippen LogP contribution is 2.29. The van der Waals surface area contributed by atoms with Crippen LogP contribution in [0.2, 0.25) is 0 Å². The highest BCUT2D eigenvalue weighted by atomic mass is 16.5. The van der Waals surface area contributed by atoms with E-state index in [9.17, 15) is 4.79 Å². The maximum Gasteiger partial charge on any atom is 0.261 e. The number of aromatic nitrogens is 6. The minimum atomic E-state index is -0.371. The average molecular weight is 517 g/mol. The molecular formula is C29H24N8O2. The summed E-state index contributed by atoms with van der Waals surface area (Å²) in [5.41, 5.74) is 10.8. The summed E-state index contributed by atoms with van der Waals surface area (Å²) in [6.07, 6.45) is 6.84. The van der Waals surface area contributed by atoms with Crippen molar-refractivity contribution in [3.8, 4) is 17.0 Å². The van der Waals surface area contributed by atoms with Gasteiger partial charge in [-0.3, -0.25) is 9.48 Å². The molecule has 4 heterocycles. The number of nitrogens with two attached hydrogens (primary N) is 1. The minimum absolute atomic E-state index is 0.154. The fraction of sp³-hybridized carbons (Fsp3) is 0.0690. The number of fused-ring (bicyclic) bond motifs is 1. The van der Waals surface area contributed by atoms with Crippen molar-refractivity contribution in [3.63, 3.8) is 0 Å². The zero-order valence-electron chi connectivity index (χ0n) is 21.0. The molecule has 0 radical (unpaired) electrons. The second kappa shape index (κ2) is 10.1. The van der Waals surface area contributed by atoms with Crippen molar-refractivity contribution in [2.45, 2.75) is 6.04 Å². The molecule has 0 saturated carbocycles. The third-order valence-electron chi connectivity index (χ3n) is 6.33. The molecule has 39 heavy (non-hydrogen) atoms. The quantitative estimate of drug-likeness (QED) is 0.321. The van der Waals surface area contributed by atoms with Crippen LogP contribution in [0.5, 0.6) is 5.88 Å². The lowest BCUT2D eigenvalue weighted by atomic mass is 9.99. The van der Waals surface area contributed by atoms with E-state index in [1.54, 1.807) is 29.2 Å². The van der Waals surface area contributed by atoms with Crippen LogP contribution in [-0.2, 0) is 0 Å². The number of pyridine rings is 2. The number of nitrogens with zero attached hydrogens (tertiary/aromatic N) is 6. The van der Waals surface area contributed by atoms with Gasteiger partial charge in [0.15, 0.2) is 5.65 Å². The van der Waals surface area contributed by atoms with E-state index in [-0.39, 0.29) is 29.3 Å². The first-order valence-electron chi connectivity index (χ1n) is 12.2. The largest absolute Gasteiger partial charge is 0.480 e. The lowest BCUT2D eigenvalue weighted by molar-refractivity contribution is 0.102. The molecule has 10 nitrogen and oxygen atoms in total. The number of ether oxygens (including phenoxy) is 1. The molecule has 0 saturated heterocycles. The van der Waals surface area contributed by atoms with Crippen LogP contribution in [0.1, 0.15) is 27.5 Å². The highest BCUT2D eigenvalue weighted by Gasteiger charge is 2.20. The number of carbonyl (C=O) groups is 1. The Morgan fingerprint density at radius 1 is 0.949 bits per heavy atom. The number of nitrogen functional groups attached to an aromatic ring is 1. The van der Waals surface area contributed by atoms with Gasteiger partial charge in [0.2, 0.25) is 11.8 Å². The average Bonchev–Trinajstić information content (AvgIpc) is 3.58. The van der Waals surface area contributed by atoms with Crippen molar-refractivity contribution in [1.82, 2.24) is 29.4 Å². The third kappa shape index (κ3) is 4.78. The molecule has 192 valence electrons. The van der Waals surface area contributed by atoms with Gasteiger partial charge in [-0.25, -0.2) is 9.50 Å². The van der Waals surface area contributed by atoms with E-state index in [2.05, 4.69) is 49.7 Å². The monoisotopic (exact) mass is 516 g/mol. The first-order chi connectivity index (χ1) is 19.1. The van der Waals surface area contributed by atoms with Gasteiger partial charge in [-0.2, -0.15) is 10.1 Å². The van der Waals surface area contributed by atoms with Gasteiger partial charge in [0.1, 0.15) is 11.6 Å². The molecule has 1 amide bonds. The normalized spacial score (nSPS) is 11.1. The number of hydrogen-bond acceptors (Lipinski definition) is 7. The van der Waals surface area contributed by atoms with Crippen LogP contribution in [0.4, 0.5) is 11.6 Å². The van der Waals surface area contributed by atoms with Crippen LogP contribution in [-0.4, -0.2) is 42.4 Å². The molecule has 6 rings (SSSR count). The van der Waals surface area contributed by atoms with Crippen LogP contribution >= 0.6 is 0 Å². The van der Waals surface area contributed by atoms with Crippen LogP contribution in [0, 0.1) is 0 Å². The minimum Gasteiger partial charge on any atom is -0.480 e. The Balaban J connectivity index is 1.30. The summed E-state index contributed by atoms with van der Waals surface area (Å²) in [4.78, 5) is 22.0. The molecule has 0 fully saturated rings. The van der Waals surface area contributed by atoms with Crippen molar-refractivity contribution in [1.29, 1.82) is 0 Å². The van der Waals surface area contributed by atoms with Gasteiger partial charge >= 0.3 is 0 Å². The summed E-state index contributed by atoms with van der Waals surface area (Å²) >= 11 is 0. The number of methoxy groups -OCH3 is 1. The number of hydrogen-bond donors (Lipinski definition) is 2. The Hall–Kier alpha value is -5.51. The van der Waals surface area contributed by atoms with E-state index in [0.29, 0.717) is 16.9 Å². The van der Waals surface area contributed by atoms with Gasteiger partial charge in [-0.15, -0.1) is 5.10 Å². The molecular weight excluding hydrogens is 492 g/mol. The highest BCUT2D eigenvalue weighted by molar-refractivity contribution is 6.06. The van der Waals surface area contributed by atoms with Crippen LogP contribution in [0.3, 0.4) is 0 Å². The van der Waals surface area contributed by atoms with Crippen LogP contribution in [0.15, 0.2) is 104 Å². The number of benzene rings is 2. The zero-order valence-corrected chi connectivity index (χ0v) is 21.0. The molecule has 0 spiro atoms. The first-order valence-corrected chi connectivity index (χ1v) is 12.2. The van der Waals surface area contributed by atoms with E-state index in [4.69, 9.17) is 10.5 Å². The second-order valence-corrected chi connectivity index (χ2v) is 8.86. The zero-order chi connectivity index (χ0) is 26.8. The second-order valence-electron chi connectivity index (χ2n) is 8.86. The van der Waals surface area contributed by atoms with E-state index < -0.39 is 0 Å². The van der Waals surface area contributed by atoms with Crippen LogP contribution in [0.25, 0.3) is 16.8 Å². The molecule has 0 aliphatic carbocycles. The van der Waals surface area contributed by atoms with Crippen molar-refractivity contribution in [2.24, 2.45) is 0 Å². The molecule has 6 aromatic rings. The van der Waals surface area contributed by atoms with Gasteiger partial charge in [0.05, 0.1) is 19.0 Å². The SMILES string of the molecule is COc1ncc(-c2ccn3nc(N)nc3c2)cc1C(=O)Nc1cnn(C(c2ccccc2)c2ccccc2)c1. The summed E-state index contributed by atoms with van der Waals surface area (Å²) in [6, 6.07) is 25.5. The Kier molecular flexibility index (Phi) is 6.18. The molecule has 10 heteroatoms. The summed E-state index contributed by atoms with van der Waals surface area (Å²) in [7, 11) is 1.48. The predicted octanol–water partition coefficient (Wildman–Crippen LogP) is 4.47. The number of rotatable bonds is 7. The Bertz CT molecular complexity index is 1720. The smallest absolute Gasteiger partial charge is 0.261 e.